The van der Waals surface area contributed by atoms with Gasteiger partial charge in [-0.1, -0.05) is 56.3 Å². The number of rotatable bonds is 6. The van der Waals surface area contributed by atoms with E-state index in [1.165, 1.54) is 12.1 Å². The third-order valence-electron chi connectivity index (χ3n) is 4.51. The number of carbonyl (C=O) groups is 1. The number of carbonyl (C=O) groups excluding carboxylic acids is 1. The van der Waals surface area contributed by atoms with Gasteiger partial charge in [0.1, 0.15) is 0 Å². The maximum Gasteiger partial charge on any atom is 0.432 e. The summed E-state index contributed by atoms with van der Waals surface area (Å²) < 4.78 is 99.3. The lowest BCUT2D eigenvalue weighted by atomic mass is 9.78. The van der Waals surface area contributed by atoms with Gasteiger partial charge in [0, 0.05) is 5.41 Å². The number of benzene rings is 2. The molecular formula is C19H17F5O5S. The lowest BCUT2D eigenvalue weighted by Crippen LogP contribution is -2.52. The zero-order chi connectivity index (χ0) is 23.0. The smallest absolute Gasteiger partial charge is 0.432 e. The van der Waals surface area contributed by atoms with Gasteiger partial charge in [-0.2, -0.15) is 30.4 Å². The first kappa shape index (κ1) is 23.7. The molecule has 0 aliphatic carbocycles. The van der Waals surface area contributed by atoms with E-state index in [0.717, 1.165) is 17.7 Å². The third kappa shape index (κ3) is 4.78. The van der Waals surface area contributed by atoms with Crippen molar-refractivity contribution in [2.24, 2.45) is 0 Å². The minimum atomic E-state index is -6.50. The zero-order valence-electron chi connectivity index (χ0n) is 15.7. The minimum absolute atomic E-state index is 0.511. The van der Waals surface area contributed by atoms with Crippen LogP contribution in [0.1, 0.15) is 35.3 Å². The van der Waals surface area contributed by atoms with Crippen LogP contribution < -0.4 is 0 Å². The van der Waals surface area contributed by atoms with Crippen LogP contribution in [0.15, 0.2) is 54.6 Å². The van der Waals surface area contributed by atoms with Gasteiger partial charge in [0.25, 0.3) is 6.10 Å². The summed E-state index contributed by atoms with van der Waals surface area (Å²) in [5.41, 5.74) is 0.519. The molecule has 0 spiro atoms. The highest BCUT2D eigenvalue weighted by Crippen LogP contribution is 2.38. The summed E-state index contributed by atoms with van der Waals surface area (Å²) in [5.74, 6) is -1.83. The van der Waals surface area contributed by atoms with Crippen LogP contribution in [0.5, 0.6) is 0 Å². The second-order valence-corrected chi connectivity index (χ2v) is 8.43. The molecule has 0 saturated heterocycles. The SMILES string of the molecule is CC(C)(c1ccccc1)c1ccc(C(=O)OC(C(F)(F)F)C(F)(F)S(=O)(=O)O)cc1. The summed E-state index contributed by atoms with van der Waals surface area (Å²) in [6.07, 6.45) is -10.3. The van der Waals surface area contributed by atoms with E-state index in [1.807, 2.05) is 44.2 Å². The van der Waals surface area contributed by atoms with Gasteiger partial charge in [-0.05, 0) is 23.3 Å². The first-order valence-corrected chi connectivity index (χ1v) is 9.81. The highest BCUT2D eigenvalue weighted by Gasteiger charge is 2.66. The van der Waals surface area contributed by atoms with Crippen molar-refractivity contribution in [3.05, 3.63) is 71.3 Å². The molecule has 1 N–H and O–H groups in total. The molecule has 0 aliphatic rings. The molecular weight excluding hydrogens is 435 g/mol. The van der Waals surface area contributed by atoms with Crippen molar-refractivity contribution >= 4 is 16.1 Å². The van der Waals surface area contributed by atoms with E-state index in [9.17, 15) is 35.2 Å². The van der Waals surface area contributed by atoms with Crippen LogP contribution >= 0.6 is 0 Å². The molecule has 1 unspecified atom stereocenters. The quantitative estimate of drug-likeness (QED) is 0.394. The predicted octanol–water partition coefficient (Wildman–Crippen LogP) is 4.58. The van der Waals surface area contributed by atoms with E-state index in [2.05, 4.69) is 4.74 Å². The standard InChI is InChI=1S/C19H17F5O5S/c1-17(2,13-6-4-3-5-7-13)14-10-8-12(9-11-14)15(25)29-16(18(20,21)22)19(23,24)30(26,27)28/h3-11,16H,1-2H3,(H,26,27,28). The molecule has 0 heterocycles. The second-order valence-electron chi connectivity index (χ2n) is 6.93. The largest absolute Gasteiger partial charge is 0.441 e. The molecule has 2 aromatic carbocycles. The maximum absolute atomic E-state index is 13.5. The molecule has 0 amide bonds. The molecule has 30 heavy (non-hydrogen) atoms. The molecule has 0 bridgehead atoms. The van der Waals surface area contributed by atoms with Gasteiger partial charge in [-0.15, -0.1) is 0 Å². The van der Waals surface area contributed by atoms with E-state index in [4.69, 9.17) is 4.55 Å². The van der Waals surface area contributed by atoms with Crippen LogP contribution in [-0.4, -0.2) is 36.5 Å². The number of ether oxygens (including phenoxy) is 1. The molecule has 0 aromatic heterocycles. The lowest BCUT2D eigenvalue weighted by molar-refractivity contribution is -0.248. The van der Waals surface area contributed by atoms with Crippen molar-refractivity contribution < 1.29 is 44.5 Å². The Morgan fingerprint density at radius 1 is 0.900 bits per heavy atom. The Bertz CT molecular complexity index is 1000. The molecule has 1 atom stereocenters. The molecule has 2 aromatic rings. The van der Waals surface area contributed by atoms with Gasteiger partial charge in [-0.3, -0.25) is 4.55 Å². The Morgan fingerprint density at radius 2 is 1.37 bits per heavy atom. The first-order valence-electron chi connectivity index (χ1n) is 8.37. The van der Waals surface area contributed by atoms with E-state index in [0.29, 0.717) is 5.56 Å². The van der Waals surface area contributed by atoms with Crippen molar-refractivity contribution in [3.63, 3.8) is 0 Å². The Balaban J connectivity index is 2.31. The molecule has 164 valence electrons. The number of halogens is 5. The zero-order valence-corrected chi connectivity index (χ0v) is 16.5. The summed E-state index contributed by atoms with van der Waals surface area (Å²) >= 11 is 0. The topological polar surface area (TPSA) is 80.7 Å². The normalized spacial score (nSPS) is 14.3. The van der Waals surface area contributed by atoms with Crippen molar-refractivity contribution in [2.45, 2.75) is 36.8 Å². The summed E-state index contributed by atoms with van der Waals surface area (Å²) in [5, 5.41) is -5.78. The summed E-state index contributed by atoms with van der Waals surface area (Å²) in [6.45, 7) is 3.73. The third-order valence-corrected chi connectivity index (χ3v) is 5.41. The van der Waals surface area contributed by atoms with Gasteiger partial charge < -0.3 is 4.74 Å². The first-order chi connectivity index (χ1) is 13.6. The van der Waals surface area contributed by atoms with E-state index in [-0.39, 0.29) is 0 Å². The fraction of sp³-hybridized carbons (Fsp3) is 0.316. The van der Waals surface area contributed by atoms with Crippen LogP contribution in [0, 0.1) is 0 Å². The van der Waals surface area contributed by atoms with Gasteiger partial charge in [0.2, 0.25) is 0 Å². The number of alkyl halides is 5. The Morgan fingerprint density at radius 3 is 1.80 bits per heavy atom. The van der Waals surface area contributed by atoms with Crippen molar-refractivity contribution in [2.75, 3.05) is 0 Å². The summed E-state index contributed by atoms with van der Waals surface area (Å²) in [4.78, 5) is 12.0. The van der Waals surface area contributed by atoms with Crippen molar-refractivity contribution in [3.8, 4) is 0 Å². The van der Waals surface area contributed by atoms with Crippen LogP contribution in [0.3, 0.4) is 0 Å². The predicted molar refractivity (Wildman–Crippen MR) is 96.8 cm³/mol. The Hall–Kier alpha value is -2.53. The lowest BCUT2D eigenvalue weighted by Gasteiger charge is -2.27. The summed E-state index contributed by atoms with van der Waals surface area (Å²) in [7, 11) is -6.50. The van der Waals surface area contributed by atoms with Crippen LogP contribution in [0.25, 0.3) is 0 Å². The molecule has 0 saturated carbocycles. The maximum atomic E-state index is 13.5. The number of hydrogen-bond donors (Lipinski definition) is 1. The number of hydrogen-bond acceptors (Lipinski definition) is 4. The number of esters is 1. The van der Waals surface area contributed by atoms with E-state index in [1.54, 1.807) is 0 Å². The van der Waals surface area contributed by atoms with E-state index >= 15 is 0 Å². The molecule has 0 radical (unpaired) electrons. The Labute approximate surface area is 169 Å². The van der Waals surface area contributed by atoms with Crippen molar-refractivity contribution in [1.29, 1.82) is 0 Å². The summed E-state index contributed by atoms with van der Waals surface area (Å²) in [6, 6.07) is 14.1. The minimum Gasteiger partial charge on any atom is -0.441 e. The average molecular weight is 452 g/mol. The van der Waals surface area contributed by atoms with Gasteiger partial charge >= 0.3 is 27.5 Å². The molecule has 11 heteroatoms. The monoisotopic (exact) mass is 452 g/mol. The van der Waals surface area contributed by atoms with Crippen molar-refractivity contribution in [1.82, 2.24) is 0 Å². The van der Waals surface area contributed by atoms with Crippen LogP contribution in [-0.2, 0) is 20.3 Å². The van der Waals surface area contributed by atoms with Gasteiger partial charge in [-0.25, -0.2) is 4.79 Å². The highest BCUT2D eigenvalue weighted by atomic mass is 32.2. The average Bonchev–Trinajstić information content (AvgIpc) is 2.64. The van der Waals surface area contributed by atoms with E-state index < -0.39 is 44.6 Å². The molecule has 5 nitrogen and oxygen atoms in total. The van der Waals surface area contributed by atoms with Crippen LogP contribution in [0.4, 0.5) is 22.0 Å². The second kappa shape index (κ2) is 7.95. The Kier molecular flexibility index (Phi) is 6.29. The van der Waals surface area contributed by atoms with Gasteiger partial charge in [0.05, 0.1) is 5.56 Å². The molecule has 0 aliphatic heterocycles. The fourth-order valence-corrected chi connectivity index (χ4v) is 3.13. The molecule has 2 rings (SSSR count). The molecule has 0 fully saturated rings. The highest BCUT2D eigenvalue weighted by molar-refractivity contribution is 7.86. The van der Waals surface area contributed by atoms with Gasteiger partial charge in [0.15, 0.2) is 0 Å². The fourth-order valence-electron chi connectivity index (χ4n) is 2.68. The van der Waals surface area contributed by atoms with Crippen LogP contribution in [0.2, 0.25) is 0 Å².